The lowest BCUT2D eigenvalue weighted by molar-refractivity contribution is 0.0695. The fourth-order valence-corrected chi connectivity index (χ4v) is 1.32. The Hall–Kier alpha value is -0.850. The van der Waals surface area contributed by atoms with Crippen LogP contribution in [0.1, 0.15) is 10.4 Å². The van der Waals surface area contributed by atoms with Gasteiger partial charge in [-0.1, -0.05) is 0 Å². The van der Waals surface area contributed by atoms with Crippen LogP contribution in [0.2, 0.25) is 0 Å². The summed E-state index contributed by atoms with van der Waals surface area (Å²) in [7, 11) is 1.48. The van der Waals surface area contributed by atoms with Crippen LogP contribution in [0.5, 0.6) is 5.88 Å². The number of aromatic carboxylic acids is 1. The molecule has 0 saturated heterocycles. The third kappa shape index (κ3) is 1.84. The average molecular weight is 279 g/mol. The number of hydrogen-bond donors (Lipinski definition) is 1. The van der Waals surface area contributed by atoms with Crippen LogP contribution in [-0.2, 0) is 0 Å². The zero-order valence-electron chi connectivity index (χ0n) is 6.24. The Morgan fingerprint density at radius 2 is 2.42 bits per heavy atom. The summed E-state index contributed by atoms with van der Waals surface area (Å²) in [4.78, 5) is 14.3. The number of carbonyl (C=O) groups is 1. The van der Waals surface area contributed by atoms with Crippen molar-refractivity contribution in [2.45, 2.75) is 0 Å². The predicted octanol–water partition coefficient (Wildman–Crippen LogP) is 1.39. The highest BCUT2D eigenvalue weighted by Gasteiger charge is 2.08. The van der Waals surface area contributed by atoms with Crippen molar-refractivity contribution in [3.05, 3.63) is 21.4 Å². The van der Waals surface area contributed by atoms with E-state index in [2.05, 4.69) is 4.98 Å². The fraction of sp³-hybridized carbons (Fsp3) is 0.143. The second-order valence-corrected chi connectivity index (χ2v) is 3.17. The van der Waals surface area contributed by atoms with Crippen LogP contribution in [0.3, 0.4) is 0 Å². The molecular weight excluding hydrogens is 273 g/mol. The Bertz CT molecular complexity index is 314. The number of hydrogen-bond acceptors (Lipinski definition) is 3. The molecule has 0 unspecified atom stereocenters. The van der Waals surface area contributed by atoms with Crippen LogP contribution in [0.15, 0.2) is 12.3 Å². The molecule has 0 spiro atoms. The van der Waals surface area contributed by atoms with Crippen molar-refractivity contribution in [1.29, 1.82) is 0 Å². The normalized spacial score (nSPS) is 9.50. The van der Waals surface area contributed by atoms with Crippen molar-refractivity contribution in [2.75, 3.05) is 7.11 Å². The van der Waals surface area contributed by atoms with Gasteiger partial charge in [-0.05, 0) is 22.6 Å². The molecule has 5 heteroatoms. The van der Waals surface area contributed by atoms with Crippen molar-refractivity contribution in [2.24, 2.45) is 0 Å². The summed E-state index contributed by atoms with van der Waals surface area (Å²) in [6, 6.07) is 1.57. The van der Waals surface area contributed by atoms with E-state index >= 15 is 0 Å². The van der Waals surface area contributed by atoms with Gasteiger partial charge in [0.1, 0.15) is 0 Å². The highest BCUT2D eigenvalue weighted by Crippen LogP contribution is 2.16. The second-order valence-electron chi connectivity index (χ2n) is 2.01. The first-order valence-corrected chi connectivity index (χ1v) is 4.16. The second kappa shape index (κ2) is 3.70. The molecule has 0 atom stereocenters. The number of carboxylic acid groups (broad SMARTS) is 1. The summed E-state index contributed by atoms with van der Waals surface area (Å²) < 4.78 is 5.44. The van der Waals surface area contributed by atoms with E-state index in [0.29, 0.717) is 9.45 Å². The molecule has 0 aromatic carbocycles. The zero-order valence-corrected chi connectivity index (χ0v) is 8.40. The van der Waals surface area contributed by atoms with Gasteiger partial charge in [0.2, 0.25) is 5.88 Å². The molecule has 12 heavy (non-hydrogen) atoms. The molecule has 0 bridgehead atoms. The van der Waals surface area contributed by atoms with Gasteiger partial charge in [0, 0.05) is 15.8 Å². The van der Waals surface area contributed by atoms with E-state index in [4.69, 9.17) is 9.84 Å². The Kier molecular flexibility index (Phi) is 2.85. The van der Waals surface area contributed by atoms with Crippen LogP contribution in [-0.4, -0.2) is 23.2 Å². The van der Waals surface area contributed by atoms with Crippen molar-refractivity contribution in [1.82, 2.24) is 4.98 Å². The number of methoxy groups -OCH3 is 1. The molecule has 1 heterocycles. The molecule has 0 aliphatic heterocycles. The number of carboxylic acids is 1. The van der Waals surface area contributed by atoms with Gasteiger partial charge in [-0.15, -0.1) is 0 Å². The van der Waals surface area contributed by atoms with E-state index in [-0.39, 0.29) is 5.56 Å². The van der Waals surface area contributed by atoms with Crippen molar-refractivity contribution in [3.8, 4) is 5.88 Å². The molecule has 64 valence electrons. The van der Waals surface area contributed by atoms with E-state index in [1.165, 1.54) is 13.3 Å². The maximum absolute atomic E-state index is 10.5. The number of rotatable bonds is 2. The molecule has 0 amide bonds. The highest BCUT2D eigenvalue weighted by molar-refractivity contribution is 14.1. The molecule has 1 aromatic heterocycles. The summed E-state index contributed by atoms with van der Waals surface area (Å²) in [5.41, 5.74) is 0.191. The van der Waals surface area contributed by atoms with E-state index in [9.17, 15) is 4.79 Å². The highest BCUT2D eigenvalue weighted by atomic mass is 127. The van der Waals surface area contributed by atoms with Gasteiger partial charge in [0.25, 0.3) is 0 Å². The molecular formula is C7H6INO3. The number of aromatic nitrogens is 1. The predicted molar refractivity (Wildman–Crippen MR) is 50.5 cm³/mol. The van der Waals surface area contributed by atoms with E-state index < -0.39 is 5.97 Å². The Morgan fingerprint density at radius 3 is 2.83 bits per heavy atom. The van der Waals surface area contributed by atoms with Gasteiger partial charge in [-0.2, -0.15) is 0 Å². The molecule has 0 aliphatic carbocycles. The quantitative estimate of drug-likeness (QED) is 0.831. The molecule has 0 radical (unpaired) electrons. The lowest BCUT2D eigenvalue weighted by Gasteiger charge is -2.00. The fourth-order valence-electron chi connectivity index (χ4n) is 0.682. The summed E-state index contributed by atoms with van der Waals surface area (Å²) in [5, 5.41) is 8.64. The number of nitrogens with zero attached hydrogens (tertiary/aromatic N) is 1. The first-order chi connectivity index (χ1) is 5.65. The standard InChI is InChI=1S/C7H6INO3/c1-12-6-2-5(8)4(3-9-6)7(10)11/h2-3H,1H3,(H,10,11). The summed E-state index contributed by atoms with van der Waals surface area (Å²) >= 11 is 1.92. The van der Waals surface area contributed by atoms with Crippen LogP contribution >= 0.6 is 22.6 Å². The van der Waals surface area contributed by atoms with Crippen LogP contribution in [0.4, 0.5) is 0 Å². The molecule has 1 aromatic rings. The molecule has 1 rings (SSSR count). The molecule has 0 saturated carbocycles. The van der Waals surface area contributed by atoms with Crippen LogP contribution in [0.25, 0.3) is 0 Å². The van der Waals surface area contributed by atoms with Crippen molar-refractivity contribution >= 4 is 28.6 Å². The van der Waals surface area contributed by atoms with E-state index in [1.807, 2.05) is 22.6 Å². The smallest absolute Gasteiger partial charge is 0.338 e. The van der Waals surface area contributed by atoms with Gasteiger partial charge in [0.05, 0.1) is 12.7 Å². The maximum atomic E-state index is 10.5. The third-order valence-corrected chi connectivity index (χ3v) is 2.16. The first-order valence-electron chi connectivity index (χ1n) is 3.08. The van der Waals surface area contributed by atoms with Crippen molar-refractivity contribution < 1.29 is 14.6 Å². The van der Waals surface area contributed by atoms with Gasteiger partial charge < -0.3 is 9.84 Å². The molecule has 0 fully saturated rings. The summed E-state index contributed by atoms with van der Waals surface area (Å²) in [5.74, 6) is -0.557. The van der Waals surface area contributed by atoms with E-state index in [1.54, 1.807) is 6.07 Å². The monoisotopic (exact) mass is 279 g/mol. The molecule has 1 N–H and O–H groups in total. The summed E-state index contributed by atoms with van der Waals surface area (Å²) in [6.07, 6.45) is 1.28. The third-order valence-electron chi connectivity index (χ3n) is 1.27. The Labute approximate surface area is 82.7 Å². The SMILES string of the molecule is COc1cc(I)c(C(=O)O)cn1. The van der Waals surface area contributed by atoms with E-state index in [0.717, 1.165) is 0 Å². The minimum atomic E-state index is -0.977. The van der Waals surface area contributed by atoms with Gasteiger partial charge >= 0.3 is 5.97 Å². The van der Waals surface area contributed by atoms with Gasteiger partial charge in [-0.3, -0.25) is 0 Å². The largest absolute Gasteiger partial charge is 0.481 e. The van der Waals surface area contributed by atoms with Crippen LogP contribution < -0.4 is 4.74 Å². The minimum absolute atomic E-state index is 0.191. The number of ether oxygens (including phenoxy) is 1. The Balaban J connectivity index is 3.12. The first kappa shape index (κ1) is 9.24. The molecule has 0 aliphatic rings. The number of halogens is 1. The van der Waals surface area contributed by atoms with Gasteiger partial charge in [-0.25, -0.2) is 9.78 Å². The minimum Gasteiger partial charge on any atom is -0.481 e. The Morgan fingerprint density at radius 1 is 1.75 bits per heavy atom. The molecule has 4 nitrogen and oxygen atoms in total. The van der Waals surface area contributed by atoms with Gasteiger partial charge in [0.15, 0.2) is 0 Å². The topological polar surface area (TPSA) is 59.4 Å². The van der Waals surface area contributed by atoms with Crippen LogP contribution in [0, 0.1) is 3.57 Å². The maximum Gasteiger partial charge on any atom is 0.338 e. The zero-order chi connectivity index (χ0) is 9.14. The average Bonchev–Trinajstić information content (AvgIpc) is 2.03. The number of pyridine rings is 1. The van der Waals surface area contributed by atoms with Crippen molar-refractivity contribution in [3.63, 3.8) is 0 Å². The lowest BCUT2D eigenvalue weighted by atomic mass is 10.3. The summed E-state index contributed by atoms with van der Waals surface area (Å²) in [6.45, 7) is 0. The lowest BCUT2D eigenvalue weighted by Crippen LogP contribution is -2.01.